The van der Waals surface area contributed by atoms with E-state index in [4.69, 9.17) is 3.97 Å². The fourth-order valence-corrected chi connectivity index (χ4v) is 15.4. The van der Waals surface area contributed by atoms with Crippen molar-refractivity contribution in [2.45, 2.75) is 76.8 Å². The number of benzene rings is 2. The molecule has 0 aromatic heterocycles. The Labute approximate surface area is 202 Å². The molecule has 3 nitrogen and oxygen atoms in total. The average molecular weight is 491 g/mol. The van der Waals surface area contributed by atoms with Crippen molar-refractivity contribution >= 4 is 16.9 Å². The minimum absolute atomic E-state index is 0.109. The first-order valence-corrected chi connectivity index (χ1v) is 16.7. The molecule has 0 spiro atoms. The van der Waals surface area contributed by atoms with Crippen molar-refractivity contribution in [3.8, 4) is 0 Å². The molecule has 33 heavy (non-hydrogen) atoms. The molecule has 184 valence electrons. The molecule has 0 saturated carbocycles. The number of unbranched alkanes of at least 4 members (excludes halogenated alkanes) is 3. The van der Waals surface area contributed by atoms with Gasteiger partial charge in [0.25, 0.3) is 0 Å². The average Bonchev–Trinajstić information content (AvgIpc) is 2.81. The summed E-state index contributed by atoms with van der Waals surface area (Å²) >= 11 is 0. The van der Waals surface area contributed by atoms with Crippen molar-refractivity contribution in [1.29, 1.82) is 0 Å². The summed E-state index contributed by atoms with van der Waals surface area (Å²) in [7, 11) is -3.94. The molecule has 0 aliphatic heterocycles. The Morgan fingerprint density at radius 2 is 1.33 bits per heavy atom. The third kappa shape index (κ3) is 6.56. The van der Waals surface area contributed by atoms with Crippen molar-refractivity contribution < 1.29 is 12.4 Å². The first-order valence-electron chi connectivity index (χ1n) is 12.5. The zero-order valence-corrected chi connectivity index (χ0v) is 22.7. The molecule has 1 atom stereocenters. The van der Waals surface area contributed by atoms with Crippen molar-refractivity contribution in [2.75, 3.05) is 18.5 Å². The minimum atomic E-state index is -3.94. The van der Waals surface area contributed by atoms with Crippen LogP contribution < -0.4 is 0 Å². The van der Waals surface area contributed by atoms with Gasteiger partial charge in [-0.3, -0.25) is 0 Å². The topological polar surface area (TPSA) is 43.4 Å². The summed E-state index contributed by atoms with van der Waals surface area (Å²) in [4.78, 5) is 0.252. The maximum absolute atomic E-state index is 13.9. The fourth-order valence-electron chi connectivity index (χ4n) is 4.97. The molecule has 0 N–H and O–H groups in total. The molecule has 0 saturated heterocycles. The molecule has 1 unspecified atom stereocenters. The molecule has 2 aromatic rings. The zero-order valence-electron chi connectivity index (χ0n) is 21.0. The number of allylic oxidation sites excluding steroid dienone is 1. The SMILES string of the molecule is C=CC(c1ccccc1)P(CCCC)(CCCC)(CCCC)OS(=O)(=O)c1ccc(C)cc1. The first kappa shape index (κ1) is 27.8. The van der Waals surface area contributed by atoms with Crippen LogP contribution in [0.4, 0.5) is 0 Å². The molecular weight excluding hydrogens is 447 g/mol. The number of rotatable bonds is 15. The van der Waals surface area contributed by atoms with E-state index >= 15 is 0 Å². The summed E-state index contributed by atoms with van der Waals surface area (Å²) in [6.45, 7) is 9.39. The Balaban J connectivity index is 2.80. The Kier molecular flexibility index (Phi) is 10.3. The molecule has 0 heterocycles. The van der Waals surface area contributed by atoms with Crippen LogP contribution in [-0.4, -0.2) is 26.9 Å². The van der Waals surface area contributed by atoms with Gasteiger partial charge in [0, 0.05) is 0 Å². The van der Waals surface area contributed by atoms with Gasteiger partial charge in [-0.25, -0.2) is 0 Å². The molecule has 5 heteroatoms. The molecule has 0 aliphatic carbocycles. The van der Waals surface area contributed by atoms with Crippen LogP contribution in [0.5, 0.6) is 0 Å². The van der Waals surface area contributed by atoms with E-state index in [-0.39, 0.29) is 10.6 Å². The molecule has 0 bridgehead atoms. The third-order valence-electron chi connectivity index (χ3n) is 6.82. The molecule has 0 fully saturated rings. The van der Waals surface area contributed by atoms with Crippen LogP contribution >= 0.6 is 6.83 Å². The van der Waals surface area contributed by atoms with E-state index in [1.54, 1.807) is 12.1 Å². The second-order valence-electron chi connectivity index (χ2n) is 9.38. The molecule has 0 aliphatic rings. The van der Waals surface area contributed by atoms with Crippen molar-refractivity contribution in [1.82, 2.24) is 0 Å². The van der Waals surface area contributed by atoms with Gasteiger partial charge >= 0.3 is 203 Å². The molecule has 2 aromatic carbocycles. The monoisotopic (exact) mass is 490 g/mol. The number of hydrogen-bond donors (Lipinski definition) is 0. The van der Waals surface area contributed by atoms with E-state index in [1.165, 1.54) is 0 Å². The Morgan fingerprint density at radius 1 is 0.848 bits per heavy atom. The van der Waals surface area contributed by atoms with Gasteiger partial charge in [-0.15, -0.1) is 0 Å². The molecular formula is C28H43O3PS. The van der Waals surface area contributed by atoms with E-state index < -0.39 is 16.9 Å². The summed E-state index contributed by atoms with van der Waals surface area (Å²) in [5.74, 6) is 0. The Morgan fingerprint density at radius 3 is 1.76 bits per heavy atom. The summed E-state index contributed by atoms with van der Waals surface area (Å²) in [5.41, 5.74) is 2.04. The van der Waals surface area contributed by atoms with Crippen LogP contribution in [-0.2, 0) is 14.1 Å². The first-order chi connectivity index (χ1) is 15.8. The van der Waals surface area contributed by atoms with Crippen LogP contribution in [0, 0.1) is 6.92 Å². The van der Waals surface area contributed by atoms with E-state index in [2.05, 4.69) is 39.5 Å². The number of aryl methyl sites for hydroxylation is 1. The normalized spacial score (nSPS) is 14.4. The van der Waals surface area contributed by atoms with Crippen molar-refractivity contribution in [2.24, 2.45) is 0 Å². The Bertz CT molecular complexity index is 943. The summed E-state index contributed by atoms with van der Waals surface area (Å²) in [5, 5.41) is 0. The molecule has 2 rings (SSSR count). The second kappa shape index (κ2) is 12.3. The predicted octanol–water partition coefficient (Wildman–Crippen LogP) is 8.50. The summed E-state index contributed by atoms with van der Waals surface area (Å²) in [6, 6.07) is 17.3. The van der Waals surface area contributed by atoms with Gasteiger partial charge in [-0.1, -0.05) is 0 Å². The summed E-state index contributed by atoms with van der Waals surface area (Å²) < 4.78 is 34.5. The second-order valence-corrected chi connectivity index (χ2v) is 16.7. The van der Waals surface area contributed by atoms with Crippen LogP contribution in [0.1, 0.15) is 76.1 Å². The van der Waals surface area contributed by atoms with Gasteiger partial charge in [-0.05, 0) is 0 Å². The standard InChI is InChI=1S/C28H43O3PS/c1-6-10-22-32(23-11-7-2,24-12-8-3,28(9-4)26-16-14-13-15-17-26)31-33(29,30)27-20-18-25(5)19-21-27/h9,13-21,28H,4,6-8,10-12,22-24H2,1-3,5H3. The zero-order chi connectivity index (χ0) is 24.4. The van der Waals surface area contributed by atoms with E-state index in [1.807, 2.05) is 43.3 Å². The van der Waals surface area contributed by atoms with Gasteiger partial charge in [0.1, 0.15) is 0 Å². The van der Waals surface area contributed by atoms with Gasteiger partial charge in [-0.2, -0.15) is 0 Å². The third-order valence-corrected chi connectivity index (χ3v) is 16.2. The van der Waals surface area contributed by atoms with Crippen LogP contribution in [0.3, 0.4) is 0 Å². The van der Waals surface area contributed by atoms with E-state index in [0.717, 1.165) is 68.1 Å². The van der Waals surface area contributed by atoms with Crippen LogP contribution in [0.15, 0.2) is 72.1 Å². The predicted molar refractivity (Wildman–Crippen MR) is 145 cm³/mol. The summed E-state index contributed by atoms with van der Waals surface area (Å²) in [6.07, 6.45) is 10.3. The van der Waals surface area contributed by atoms with E-state index in [9.17, 15) is 8.42 Å². The molecule has 0 radical (unpaired) electrons. The van der Waals surface area contributed by atoms with Crippen LogP contribution in [0.2, 0.25) is 0 Å². The quantitative estimate of drug-likeness (QED) is 0.186. The van der Waals surface area contributed by atoms with Crippen LogP contribution in [0.25, 0.3) is 0 Å². The Hall–Kier alpha value is -1.48. The van der Waals surface area contributed by atoms with Crippen molar-refractivity contribution in [3.63, 3.8) is 0 Å². The number of hydrogen-bond acceptors (Lipinski definition) is 3. The molecule has 0 amide bonds. The van der Waals surface area contributed by atoms with Gasteiger partial charge in [0.15, 0.2) is 0 Å². The van der Waals surface area contributed by atoms with Gasteiger partial charge < -0.3 is 0 Å². The fraction of sp³-hybridized carbons (Fsp3) is 0.500. The van der Waals surface area contributed by atoms with Gasteiger partial charge in [0.2, 0.25) is 0 Å². The van der Waals surface area contributed by atoms with E-state index in [0.29, 0.717) is 0 Å². The van der Waals surface area contributed by atoms with Crippen molar-refractivity contribution in [3.05, 3.63) is 78.4 Å². The maximum atomic E-state index is 13.9. The van der Waals surface area contributed by atoms with Gasteiger partial charge in [0.05, 0.1) is 0 Å².